The standard InChI is InChI=1S/C34H56O28/c1-9(39)52-6-14-18(43)26(58-30-23(48)21(46)16(41)11(3-35)54-30)25(50)32(56-14)59-27-19(44)15(7-53-10(2)40)57-33(62-34(8-38)29(51)20(45)13(5-37)61-34)28(27)60-31-24(49)22(47)17(42)12(4-36)55-31/h11-33,35-38,41-51H,3-8H2,1-2H3/t11-,12-,13-,14-,15-,16-,17-,18-,19-,20-,21+,22+,23-,24-,25-,26+,27+,28-,29+,30+,31+,32+,33-,34-/m1/s1. The van der Waals surface area contributed by atoms with E-state index < -0.39 is 199 Å². The van der Waals surface area contributed by atoms with Gasteiger partial charge in [0.15, 0.2) is 25.2 Å². The van der Waals surface area contributed by atoms with Crippen molar-refractivity contribution >= 4 is 11.9 Å². The maximum absolute atomic E-state index is 11.9. The summed E-state index contributed by atoms with van der Waals surface area (Å²) in [4.78, 5) is 23.7. The molecule has 5 saturated heterocycles. The van der Waals surface area contributed by atoms with Crippen LogP contribution in [0.3, 0.4) is 0 Å². The van der Waals surface area contributed by atoms with Gasteiger partial charge in [0.2, 0.25) is 5.79 Å². The Bertz CT molecular complexity index is 1440. The third-order valence-corrected chi connectivity index (χ3v) is 11.0. The molecule has 0 aromatic rings. The SMILES string of the molecule is CC(=O)OC[C@H]1O[C@@H](O[C@H]2[C@H](O)[C@@H](COC(C)=O)O[C@H](O[C@@]3(CO)O[C@H](CO)[C@@H](O)[C@@H]3O)[C@@H]2O[C@@H]2O[C@H](CO)[C@@H](O)[C@H](O)[C@H]2O)[C@H](O)[C@@H](O[C@@H]2O[C@H](CO)[C@@H](O)[C@H](O)[C@H]2O)[C@@H]1O. The van der Waals surface area contributed by atoms with E-state index in [0.717, 1.165) is 13.8 Å². The van der Waals surface area contributed by atoms with Crippen LogP contribution in [0.15, 0.2) is 0 Å². The number of hydrogen-bond donors (Lipinski definition) is 15. The zero-order chi connectivity index (χ0) is 46.0. The van der Waals surface area contributed by atoms with Crippen molar-refractivity contribution in [2.75, 3.05) is 39.6 Å². The van der Waals surface area contributed by atoms with Crippen LogP contribution < -0.4 is 0 Å². The molecule has 5 heterocycles. The van der Waals surface area contributed by atoms with E-state index in [1.54, 1.807) is 0 Å². The fourth-order valence-corrected chi connectivity index (χ4v) is 7.43. The van der Waals surface area contributed by atoms with E-state index in [9.17, 15) is 86.2 Å². The van der Waals surface area contributed by atoms with E-state index in [4.69, 9.17) is 52.1 Å². The molecular formula is C34H56O28. The smallest absolute Gasteiger partial charge is 0.302 e. The second-order valence-electron chi connectivity index (χ2n) is 15.2. The van der Waals surface area contributed by atoms with Crippen molar-refractivity contribution in [1.29, 1.82) is 0 Å². The number of aliphatic hydroxyl groups is 15. The third-order valence-electron chi connectivity index (χ3n) is 11.0. The van der Waals surface area contributed by atoms with Crippen LogP contribution in [0.5, 0.6) is 0 Å². The Morgan fingerprint density at radius 2 is 0.855 bits per heavy atom. The first-order valence-electron chi connectivity index (χ1n) is 19.4. The van der Waals surface area contributed by atoms with Gasteiger partial charge in [0.1, 0.15) is 136 Å². The molecule has 24 atom stereocenters. The summed E-state index contributed by atoms with van der Waals surface area (Å²) in [6.45, 7) is -3.73. The molecule has 62 heavy (non-hydrogen) atoms. The highest BCUT2D eigenvalue weighted by atomic mass is 16.8. The molecule has 0 radical (unpaired) electrons. The number of aliphatic hydroxyl groups excluding tert-OH is 15. The van der Waals surface area contributed by atoms with Gasteiger partial charge >= 0.3 is 11.9 Å². The van der Waals surface area contributed by atoms with Gasteiger partial charge in [0.25, 0.3) is 0 Å². The lowest BCUT2D eigenvalue weighted by Gasteiger charge is -2.50. The number of rotatable bonds is 16. The Morgan fingerprint density at radius 3 is 1.29 bits per heavy atom. The topological polar surface area (TPSA) is 439 Å². The molecule has 5 aliphatic rings. The average molecular weight is 913 g/mol. The highest BCUT2D eigenvalue weighted by Gasteiger charge is 2.61. The molecule has 0 unspecified atom stereocenters. The van der Waals surface area contributed by atoms with Gasteiger partial charge in [-0.25, -0.2) is 0 Å². The summed E-state index contributed by atoms with van der Waals surface area (Å²) < 4.78 is 61.6. The minimum atomic E-state index is -2.71. The predicted octanol–water partition coefficient (Wildman–Crippen LogP) is -10.8. The summed E-state index contributed by atoms with van der Waals surface area (Å²) in [7, 11) is 0. The van der Waals surface area contributed by atoms with Gasteiger partial charge in [0, 0.05) is 13.8 Å². The lowest BCUT2D eigenvalue weighted by atomic mass is 9.95. The van der Waals surface area contributed by atoms with Crippen LogP contribution in [-0.4, -0.2) is 275 Å². The molecule has 0 aromatic carbocycles. The molecule has 5 aliphatic heterocycles. The average Bonchev–Trinajstić information content (AvgIpc) is 3.48. The molecule has 28 nitrogen and oxygen atoms in total. The van der Waals surface area contributed by atoms with Crippen LogP contribution in [0.2, 0.25) is 0 Å². The fraction of sp³-hybridized carbons (Fsp3) is 0.941. The summed E-state index contributed by atoms with van der Waals surface area (Å²) in [6, 6.07) is 0. The van der Waals surface area contributed by atoms with Crippen LogP contribution in [-0.2, 0) is 61.7 Å². The Hall–Kier alpha value is -2.02. The second kappa shape index (κ2) is 21.5. The lowest BCUT2D eigenvalue weighted by Crippen LogP contribution is -2.69. The maximum Gasteiger partial charge on any atom is 0.302 e. The monoisotopic (exact) mass is 912 g/mol. The van der Waals surface area contributed by atoms with E-state index in [2.05, 4.69) is 0 Å². The van der Waals surface area contributed by atoms with Crippen molar-refractivity contribution in [2.24, 2.45) is 0 Å². The normalized spacial score (nSPS) is 48.8. The van der Waals surface area contributed by atoms with Crippen LogP contribution in [0.25, 0.3) is 0 Å². The predicted molar refractivity (Wildman–Crippen MR) is 186 cm³/mol. The van der Waals surface area contributed by atoms with E-state index in [1.807, 2.05) is 0 Å². The largest absolute Gasteiger partial charge is 0.463 e. The third kappa shape index (κ3) is 10.6. The summed E-state index contributed by atoms with van der Waals surface area (Å²) in [5, 5.41) is 159. The van der Waals surface area contributed by atoms with Crippen LogP contribution in [0.1, 0.15) is 13.8 Å². The second-order valence-corrected chi connectivity index (χ2v) is 15.2. The van der Waals surface area contributed by atoms with Gasteiger partial charge < -0.3 is 129 Å². The molecule has 0 bridgehead atoms. The molecule has 5 rings (SSSR count). The molecule has 360 valence electrons. The Labute approximate surface area is 350 Å². The van der Waals surface area contributed by atoms with E-state index in [-0.39, 0.29) is 0 Å². The summed E-state index contributed by atoms with van der Waals surface area (Å²) in [5.41, 5.74) is 0. The van der Waals surface area contributed by atoms with Crippen molar-refractivity contribution in [3.8, 4) is 0 Å². The van der Waals surface area contributed by atoms with Gasteiger partial charge in [-0.15, -0.1) is 0 Å². The quantitative estimate of drug-likeness (QED) is 0.0639. The molecule has 0 amide bonds. The molecule has 0 spiro atoms. The minimum Gasteiger partial charge on any atom is -0.463 e. The molecular weight excluding hydrogens is 856 g/mol. The zero-order valence-electron chi connectivity index (χ0n) is 33.0. The van der Waals surface area contributed by atoms with E-state index in [0.29, 0.717) is 0 Å². The van der Waals surface area contributed by atoms with Gasteiger partial charge in [-0.2, -0.15) is 0 Å². The molecule has 0 aliphatic carbocycles. The molecule has 28 heteroatoms. The molecule has 0 saturated carbocycles. The van der Waals surface area contributed by atoms with Crippen molar-refractivity contribution in [2.45, 2.75) is 161 Å². The number of esters is 2. The summed E-state index contributed by atoms with van der Waals surface area (Å²) in [6.07, 6.45) is -45.7. The van der Waals surface area contributed by atoms with Crippen LogP contribution >= 0.6 is 0 Å². The number of ether oxygens (including phenoxy) is 11. The first-order valence-corrected chi connectivity index (χ1v) is 19.4. The van der Waals surface area contributed by atoms with Gasteiger partial charge in [-0.3, -0.25) is 9.59 Å². The highest BCUT2D eigenvalue weighted by molar-refractivity contribution is 5.66. The molecule has 0 aromatic heterocycles. The summed E-state index contributed by atoms with van der Waals surface area (Å²) in [5.74, 6) is -4.51. The Kier molecular flexibility index (Phi) is 17.7. The molecule has 15 N–H and O–H groups in total. The molecule has 5 fully saturated rings. The van der Waals surface area contributed by atoms with E-state index >= 15 is 0 Å². The van der Waals surface area contributed by atoms with Gasteiger partial charge in [0.05, 0.1) is 19.8 Å². The fourth-order valence-electron chi connectivity index (χ4n) is 7.43. The van der Waals surface area contributed by atoms with Crippen molar-refractivity contribution in [3.63, 3.8) is 0 Å². The van der Waals surface area contributed by atoms with Crippen molar-refractivity contribution < 1.29 is 138 Å². The number of carbonyl (C=O) groups is 2. The Morgan fingerprint density at radius 1 is 0.452 bits per heavy atom. The highest BCUT2D eigenvalue weighted by Crippen LogP contribution is 2.40. The lowest BCUT2D eigenvalue weighted by molar-refractivity contribution is -0.424. The maximum atomic E-state index is 11.9. The Balaban J connectivity index is 1.56. The van der Waals surface area contributed by atoms with E-state index in [1.165, 1.54) is 0 Å². The number of carbonyl (C=O) groups excluding carboxylic acids is 2. The minimum absolute atomic E-state index is 0.790. The first-order chi connectivity index (χ1) is 29.2. The van der Waals surface area contributed by atoms with Crippen molar-refractivity contribution in [1.82, 2.24) is 0 Å². The van der Waals surface area contributed by atoms with Gasteiger partial charge in [-0.1, -0.05) is 0 Å². The van der Waals surface area contributed by atoms with Crippen LogP contribution in [0.4, 0.5) is 0 Å². The van der Waals surface area contributed by atoms with Crippen molar-refractivity contribution in [3.05, 3.63) is 0 Å². The number of hydrogen-bond acceptors (Lipinski definition) is 28. The summed E-state index contributed by atoms with van der Waals surface area (Å²) >= 11 is 0. The zero-order valence-corrected chi connectivity index (χ0v) is 33.0. The first kappa shape index (κ1) is 51.0. The van der Waals surface area contributed by atoms with Gasteiger partial charge in [-0.05, 0) is 0 Å². The van der Waals surface area contributed by atoms with Crippen LogP contribution in [0, 0.1) is 0 Å².